The fourth-order valence-electron chi connectivity index (χ4n) is 2.71. The quantitative estimate of drug-likeness (QED) is 0.484. The molecule has 9 heteroatoms. The van der Waals surface area contributed by atoms with Crippen LogP contribution in [0.25, 0.3) is 0 Å². The Hall–Kier alpha value is -2.09. The van der Waals surface area contributed by atoms with Gasteiger partial charge in [-0.15, -0.1) is 0 Å². The molecule has 0 fully saturated rings. The van der Waals surface area contributed by atoms with E-state index in [1.54, 1.807) is 36.4 Å². The van der Waals surface area contributed by atoms with Crippen molar-refractivity contribution in [1.29, 1.82) is 0 Å². The Kier molecular flexibility index (Phi) is 7.39. The van der Waals surface area contributed by atoms with Crippen molar-refractivity contribution in [2.45, 2.75) is 11.4 Å². The van der Waals surface area contributed by atoms with Crippen LogP contribution in [0.1, 0.15) is 5.56 Å². The van der Waals surface area contributed by atoms with Crippen LogP contribution in [0.4, 0.5) is 5.69 Å². The minimum atomic E-state index is -3.97. The third kappa shape index (κ3) is 5.74. The summed E-state index contributed by atoms with van der Waals surface area (Å²) < 4.78 is 27.5. The number of anilines is 1. The zero-order valence-corrected chi connectivity index (χ0v) is 18.6. The molecule has 0 atom stereocenters. The lowest BCUT2D eigenvalue weighted by Gasteiger charge is -2.22. The molecule has 0 aliphatic rings. The van der Waals surface area contributed by atoms with Crippen molar-refractivity contribution >= 4 is 56.4 Å². The lowest BCUT2D eigenvalue weighted by atomic mass is 10.2. The zero-order valence-electron chi connectivity index (χ0n) is 15.6. The third-order valence-corrected chi connectivity index (χ3v) is 6.80. The minimum absolute atomic E-state index is 0.0164. The van der Waals surface area contributed by atoms with Gasteiger partial charge in [-0.25, -0.2) is 8.42 Å². The number of nitrogens with one attached hydrogen (secondary N) is 1. The molecule has 0 bridgehead atoms. The van der Waals surface area contributed by atoms with Gasteiger partial charge in [0.1, 0.15) is 0 Å². The molecule has 30 heavy (non-hydrogen) atoms. The first kappa shape index (κ1) is 22.6. The predicted molar refractivity (Wildman–Crippen MR) is 121 cm³/mol. The predicted octanol–water partition coefficient (Wildman–Crippen LogP) is 5.48. The number of halogens is 3. The highest BCUT2D eigenvalue weighted by atomic mass is 35.5. The molecule has 0 spiro atoms. The fraction of sp³-hybridized carbons (Fsp3) is 0.0952. The molecule has 3 aromatic rings. The number of sulfonamides is 1. The maximum absolute atomic E-state index is 13.2. The number of nitrogens with zero attached hydrogens (tertiary/aromatic N) is 1. The monoisotopic (exact) mass is 482 g/mol. The van der Waals surface area contributed by atoms with Gasteiger partial charge in [0.2, 0.25) is 15.9 Å². The number of hydrogen-bond acceptors (Lipinski definition) is 3. The van der Waals surface area contributed by atoms with Crippen LogP contribution in [0.2, 0.25) is 15.1 Å². The first-order chi connectivity index (χ1) is 14.3. The highest BCUT2D eigenvalue weighted by molar-refractivity contribution is 7.89. The molecular formula is C21H17Cl3N2O3S. The van der Waals surface area contributed by atoms with Gasteiger partial charge in [-0.05, 0) is 48.0 Å². The standard InChI is InChI=1S/C21H17Cl3N2O3S/c22-16-6-9-18(10-7-16)30(28,29)26(13-15-4-2-1-3-5-15)14-21(27)25-20-12-17(23)8-11-19(20)24/h1-12H,13-14H2,(H,25,27). The maximum Gasteiger partial charge on any atom is 0.243 e. The van der Waals surface area contributed by atoms with Crippen molar-refractivity contribution in [2.75, 3.05) is 11.9 Å². The van der Waals surface area contributed by atoms with Crippen LogP contribution >= 0.6 is 34.8 Å². The summed E-state index contributed by atoms with van der Waals surface area (Å²) in [6.45, 7) is -0.398. The molecule has 0 unspecified atom stereocenters. The molecule has 156 valence electrons. The van der Waals surface area contributed by atoms with Gasteiger partial charge in [-0.3, -0.25) is 4.79 Å². The van der Waals surface area contributed by atoms with Crippen molar-refractivity contribution < 1.29 is 13.2 Å². The molecule has 1 N–H and O–H groups in total. The molecule has 0 heterocycles. The van der Waals surface area contributed by atoms with Crippen LogP contribution in [0.5, 0.6) is 0 Å². The molecule has 5 nitrogen and oxygen atoms in total. The van der Waals surface area contributed by atoms with Gasteiger partial charge >= 0.3 is 0 Å². The van der Waals surface area contributed by atoms with Gasteiger partial charge in [-0.1, -0.05) is 65.1 Å². The van der Waals surface area contributed by atoms with E-state index < -0.39 is 22.5 Å². The summed E-state index contributed by atoms with van der Waals surface area (Å²) in [5, 5.41) is 3.72. The Morgan fingerprint density at radius 3 is 2.17 bits per heavy atom. The van der Waals surface area contributed by atoms with Crippen molar-refractivity contribution in [3.8, 4) is 0 Å². The number of rotatable bonds is 7. The van der Waals surface area contributed by atoms with Crippen LogP contribution in [-0.4, -0.2) is 25.2 Å². The smallest absolute Gasteiger partial charge is 0.243 e. The maximum atomic E-state index is 13.2. The SMILES string of the molecule is O=C(CN(Cc1ccccc1)S(=O)(=O)c1ccc(Cl)cc1)Nc1cc(Cl)ccc1Cl. The highest BCUT2D eigenvalue weighted by Gasteiger charge is 2.27. The van der Waals surface area contributed by atoms with Gasteiger partial charge in [0, 0.05) is 16.6 Å². The molecule has 0 radical (unpaired) electrons. The van der Waals surface area contributed by atoms with Crippen LogP contribution in [0.3, 0.4) is 0 Å². The topological polar surface area (TPSA) is 66.5 Å². The van der Waals surface area contributed by atoms with Crippen molar-refractivity contribution in [3.05, 3.63) is 93.4 Å². The first-order valence-electron chi connectivity index (χ1n) is 8.80. The second kappa shape index (κ2) is 9.81. The van der Waals surface area contributed by atoms with Crippen LogP contribution in [-0.2, 0) is 21.4 Å². The summed E-state index contributed by atoms with van der Waals surface area (Å²) in [7, 11) is -3.97. The number of benzene rings is 3. The zero-order chi connectivity index (χ0) is 21.7. The van der Waals surface area contributed by atoms with E-state index >= 15 is 0 Å². The first-order valence-corrected chi connectivity index (χ1v) is 11.4. The molecule has 0 saturated heterocycles. The normalized spacial score (nSPS) is 11.5. The molecule has 0 saturated carbocycles. The van der Waals surface area contributed by atoms with E-state index in [1.165, 1.54) is 30.3 Å². The number of carbonyl (C=O) groups is 1. The summed E-state index contributed by atoms with van der Waals surface area (Å²) in [5.74, 6) is -0.548. The summed E-state index contributed by atoms with van der Waals surface area (Å²) >= 11 is 17.9. The Morgan fingerprint density at radius 2 is 1.50 bits per heavy atom. The van der Waals surface area contributed by atoms with E-state index in [9.17, 15) is 13.2 Å². The molecule has 0 aliphatic heterocycles. The third-order valence-electron chi connectivity index (χ3n) is 4.18. The van der Waals surface area contributed by atoms with E-state index in [-0.39, 0.29) is 11.4 Å². The van der Waals surface area contributed by atoms with Crippen LogP contribution < -0.4 is 5.32 Å². The summed E-state index contributed by atoms with van der Waals surface area (Å²) in [6.07, 6.45) is 0. The van der Waals surface area contributed by atoms with Crippen molar-refractivity contribution in [2.24, 2.45) is 0 Å². The second-order valence-electron chi connectivity index (χ2n) is 6.38. The average Bonchev–Trinajstić information content (AvgIpc) is 2.71. The van der Waals surface area contributed by atoms with Crippen LogP contribution in [0, 0.1) is 0 Å². The van der Waals surface area contributed by atoms with E-state index in [2.05, 4.69) is 5.32 Å². The number of amides is 1. The average molecular weight is 484 g/mol. The Labute approximate surface area is 190 Å². The Morgan fingerprint density at radius 1 is 0.867 bits per heavy atom. The Bertz CT molecular complexity index is 1140. The van der Waals surface area contributed by atoms with Crippen LogP contribution in [0.15, 0.2) is 77.7 Å². The lowest BCUT2D eigenvalue weighted by molar-refractivity contribution is -0.116. The van der Waals surface area contributed by atoms with Gasteiger partial charge in [0.05, 0.1) is 22.2 Å². The number of carbonyl (C=O) groups excluding carboxylic acids is 1. The van der Waals surface area contributed by atoms with E-state index in [1.807, 2.05) is 6.07 Å². The van der Waals surface area contributed by atoms with Gasteiger partial charge in [-0.2, -0.15) is 4.31 Å². The molecule has 0 aliphatic carbocycles. The molecule has 3 rings (SSSR count). The molecule has 1 amide bonds. The molecular weight excluding hydrogens is 467 g/mol. The van der Waals surface area contributed by atoms with E-state index in [4.69, 9.17) is 34.8 Å². The molecule has 3 aromatic carbocycles. The van der Waals surface area contributed by atoms with Crippen molar-refractivity contribution in [1.82, 2.24) is 4.31 Å². The van der Waals surface area contributed by atoms with E-state index in [0.29, 0.717) is 20.8 Å². The molecule has 0 aromatic heterocycles. The summed E-state index contributed by atoms with van der Waals surface area (Å²) in [5.41, 5.74) is 1.04. The number of hydrogen-bond donors (Lipinski definition) is 1. The minimum Gasteiger partial charge on any atom is -0.324 e. The van der Waals surface area contributed by atoms with Gasteiger partial charge < -0.3 is 5.32 Å². The highest BCUT2D eigenvalue weighted by Crippen LogP contribution is 2.26. The Balaban J connectivity index is 1.88. The lowest BCUT2D eigenvalue weighted by Crippen LogP contribution is -2.37. The summed E-state index contributed by atoms with van der Waals surface area (Å²) in [6, 6.07) is 19.4. The summed E-state index contributed by atoms with van der Waals surface area (Å²) in [4.78, 5) is 12.7. The second-order valence-corrected chi connectivity index (χ2v) is 9.60. The van der Waals surface area contributed by atoms with Gasteiger partial charge in [0.15, 0.2) is 0 Å². The van der Waals surface area contributed by atoms with Gasteiger partial charge in [0.25, 0.3) is 0 Å². The van der Waals surface area contributed by atoms with Crippen molar-refractivity contribution in [3.63, 3.8) is 0 Å². The largest absolute Gasteiger partial charge is 0.324 e. The fourth-order valence-corrected chi connectivity index (χ4v) is 4.56. The van der Waals surface area contributed by atoms with E-state index in [0.717, 1.165) is 9.87 Å².